The molecule has 0 saturated carbocycles. The predicted octanol–water partition coefficient (Wildman–Crippen LogP) is 4.07. The minimum absolute atomic E-state index is 0.882. The summed E-state index contributed by atoms with van der Waals surface area (Å²) >= 11 is 1.64. The highest BCUT2D eigenvalue weighted by molar-refractivity contribution is 7.99. The van der Waals surface area contributed by atoms with Crippen molar-refractivity contribution in [2.24, 2.45) is 7.05 Å². The fraction of sp³-hybridized carbons (Fsp3) is 0.111. The SMILES string of the molecule is C=C(c1cnc(Sc2ccccc2)n1C)N(C)c1cccnc1. The van der Waals surface area contributed by atoms with Crippen molar-refractivity contribution in [2.75, 3.05) is 11.9 Å². The van der Waals surface area contributed by atoms with Gasteiger partial charge in [0.2, 0.25) is 0 Å². The molecule has 5 heteroatoms. The molecule has 0 aliphatic rings. The molecule has 0 aliphatic heterocycles. The maximum atomic E-state index is 4.53. The number of benzene rings is 1. The summed E-state index contributed by atoms with van der Waals surface area (Å²) in [7, 11) is 3.99. The van der Waals surface area contributed by atoms with Crippen LogP contribution >= 0.6 is 11.8 Å². The molecule has 2 heterocycles. The highest BCUT2D eigenvalue weighted by Gasteiger charge is 2.14. The number of anilines is 1. The van der Waals surface area contributed by atoms with Crippen LogP contribution in [0.1, 0.15) is 5.69 Å². The largest absolute Gasteiger partial charge is 0.342 e. The summed E-state index contributed by atoms with van der Waals surface area (Å²) < 4.78 is 2.06. The Kier molecular flexibility index (Phi) is 4.48. The molecule has 2 aromatic heterocycles. The van der Waals surface area contributed by atoms with E-state index in [0.29, 0.717) is 0 Å². The lowest BCUT2D eigenvalue weighted by molar-refractivity contribution is 0.777. The van der Waals surface area contributed by atoms with E-state index in [4.69, 9.17) is 0 Å². The zero-order valence-electron chi connectivity index (χ0n) is 13.2. The van der Waals surface area contributed by atoms with E-state index in [0.717, 1.165) is 22.2 Å². The number of pyridine rings is 1. The summed E-state index contributed by atoms with van der Waals surface area (Å²) in [6, 6.07) is 14.2. The Morgan fingerprint density at radius 3 is 2.61 bits per heavy atom. The number of nitrogens with zero attached hydrogens (tertiary/aromatic N) is 4. The highest BCUT2D eigenvalue weighted by atomic mass is 32.2. The molecule has 23 heavy (non-hydrogen) atoms. The van der Waals surface area contributed by atoms with Crippen LogP contribution < -0.4 is 4.90 Å². The van der Waals surface area contributed by atoms with Crippen LogP contribution in [0.5, 0.6) is 0 Å². The topological polar surface area (TPSA) is 34.0 Å². The van der Waals surface area contributed by atoms with Crippen LogP contribution in [0.3, 0.4) is 0 Å². The van der Waals surface area contributed by atoms with Crippen LogP contribution in [0.25, 0.3) is 5.70 Å². The van der Waals surface area contributed by atoms with Crippen molar-refractivity contribution in [1.82, 2.24) is 14.5 Å². The third-order valence-corrected chi connectivity index (χ3v) is 4.70. The summed E-state index contributed by atoms with van der Waals surface area (Å²) in [5, 5.41) is 0.937. The molecule has 0 amide bonds. The van der Waals surface area contributed by atoms with Gasteiger partial charge in [-0.15, -0.1) is 0 Å². The quantitative estimate of drug-likeness (QED) is 0.709. The van der Waals surface area contributed by atoms with Crippen molar-refractivity contribution in [3.63, 3.8) is 0 Å². The number of imidazole rings is 1. The second-order valence-corrected chi connectivity index (χ2v) is 6.16. The molecular formula is C18H18N4S. The first kappa shape index (κ1) is 15.4. The van der Waals surface area contributed by atoms with E-state index < -0.39 is 0 Å². The van der Waals surface area contributed by atoms with Crippen LogP contribution in [0.4, 0.5) is 5.69 Å². The number of aromatic nitrogens is 3. The van der Waals surface area contributed by atoms with E-state index in [1.165, 1.54) is 4.90 Å². The number of hydrogen-bond donors (Lipinski definition) is 0. The molecule has 0 atom stereocenters. The molecule has 3 rings (SSSR count). The van der Waals surface area contributed by atoms with E-state index in [1.807, 2.05) is 61.7 Å². The van der Waals surface area contributed by atoms with E-state index >= 15 is 0 Å². The maximum Gasteiger partial charge on any atom is 0.173 e. The van der Waals surface area contributed by atoms with Gasteiger partial charge in [-0.25, -0.2) is 4.98 Å². The molecule has 0 spiro atoms. The Balaban J connectivity index is 1.83. The molecule has 0 N–H and O–H groups in total. The minimum atomic E-state index is 0.882. The molecule has 4 nitrogen and oxygen atoms in total. The summed E-state index contributed by atoms with van der Waals surface area (Å²) in [5.41, 5.74) is 2.86. The Hall–Kier alpha value is -2.53. The van der Waals surface area contributed by atoms with Gasteiger partial charge in [0.15, 0.2) is 5.16 Å². The van der Waals surface area contributed by atoms with Crippen LogP contribution in [0.2, 0.25) is 0 Å². The van der Waals surface area contributed by atoms with Gasteiger partial charge in [0, 0.05) is 25.2 Å². The average molecular weight is 322 g/mol. The molecule has 3 aromatic rings. The van der Waals surface area contributed by atoms with Crippen LogP contribution in [0, 0.1) is 0 Å². The van der Waals surface area contributed by atoms with Gasteiger partial charge in [0.25, 0.3) is 0 Å². The first-order chi connectivity index (χ1) is 11.2. The van der Waals surface area contributed by atoms with Crippen LogP contribution in [-0.4, -0.2) is 21.6 Å². The molecular weight excluding hydrogens is 304 g/mol. The van der Waals surface area contributed by atoms with Gasteiger partial charge in [0.05, 0.1) is 29.5 Å². The first-order valence-corrected chi connectivity index (χ1v) is 8.06. The zero-order valence-corrected chi connectivity index (χ0v) is 14.0. The second-order valence-electron chi connectivity index (χ2n) is 5.12. The molecule has 0 aliphatic carbocycles. The van der Waals surface area contributed by atoms with Crippen molar-refractivity contribution >= 4 is 23.1 Å². The fourth-order valence-electron chi connectivity index (χ4n) is 2.23. The fourth-order valence-corrected chi connectivity index (χ4v) is 3.07. The lowest BCUT2D eigenvalue weighted by Gasteiger charge is -2.21. The van der Waals surface area contributed by atoms with Gasteiger partial charge < -0.3 is 9.47 Å². The molecule has 0 fully saturated rings. The van der Waals surface area contributed by atoms with Crippen molar-refractivity contribution < 1.29 is 0 Å². The van der Waals surface area contributed by atoms with Gasteiger partial charge >= 0.3 is 0 Å². The molecule has 1 aromatic carbocycles. The normalized spacial score (nSPS) is 10.5. The van der Waals surface area contributed by atoms with E-state index in [9.17, 15) is 0 Å². The third kappa shape index (κ3) is 3.29. The molecule has 0 radical (unpaired) electrons. The van der Waals surface area contributed by atoms with Crippen LogP contribution in [0.15, 0.2) is 77.7 Å². The Labute approximate surface area is 140 Å². The van der Waals surface area contributed by atoms with Crippen molar-refractivity contribution in [3.05, 3.63) is 73.3 Å². The summed E-state index contributed by atoms with van der Waals surface area (Å²) in [4.78, 5) is 11.9. The van der Waals surface area contributed by atoms with Gasteiger partial charge in [-0.1, -0.05) is 36.5 Å². The lowest BCUT2D eigenvalue weighted by atomic mass is 10.3. The maximum absolute atomic E-state index is 4.53. The molecule has 0 bridgehead atoms. The van der Waals surface area contributed by atoms with Gasteiger partial charge in [0.1, 0.15) is 0 Å². The summed E-state index contributed by atoms with van der Waals surface area (Å²) in [6.07, 6.45) is 5.44. The number of hydrogen-bond acceptors (Lipinski definition) is 4. The van der Waals surface area contributed by atoms with Gasteiger partial charge in [-0.3, -0.25) is 4.98 Å². The Bertz CT molecular complexity index is 796. The first-order valence-electron chi connectivity index (χ1n) is 7.24. The minimum Gasteiger partial charge on any atom is -0.342 e. The molecule has 0 unspecified atom stereocenters. The Morgan fingerprint density at radius 1 is 1.13 bits per heavy atom. The summed E-state index contributed by atoms with van der Waals surface area (Å²) in [6.45, 7) is 4.21. The predicted molar refractivity (Wildman–Crippen MR) is 95.4 cm³/mol. The standard InChI is InChI=1S/C18H18N4S/c1-14(21(2)15-8-7-11-19-12-15)17-13-20-18(22(17)3)23-16-9-5-4-6-10-16/h4-13H,1H2,2-3H3. The average Bonchev–Trinajstić information content (AvgIpc) is 2.96. The summed E-state index contributed by atoms with van der Waals surface area (Å²) in [5.74, 6) is 0. The zero-order chi connectivity index (χ0) is 16.2. The van der Waals surface area contributed by atoms with Crippen molar-refractivity contribution in [1.29, 1.82) is 0 Å². The monoisotopic (exact) mass is 322 g/mol. The van der Waals surface area contributed by atoms with E-state index in [-0.39, 0.29) is 0 Å². The lowest BCUT2D eigenvalue weighted by Crippen LogP contribution is -2.16. The van der Waals surface area contributed by atoms with Gasteiger partial charge in [-0.05, 0) is 24.3 Å². The van der Waals surface area contributed by atoms with Crippen molar-refractivity contribution in [3.8, 4) is 0 Å². The highest BCUT2D eigenvalue weighted by Crippen LogP contribution is 2.29. The number of rotatable bonds is 5. The Morgan fingerprint density at radius 2 is 1.91 bits per heavy atom. The second kappa shape index (κ2) is 6.71. The molecule has 116 valence electrons. The van der Waals surface area contributed by atoms with E-state index in [1.54, 1.807) is 18.0 Å². The van der Waals surface area contributed by atoms with E-state index in [2.05, 4.69) is 33.2 Å². The van der Waals surface area contributed by atoms with Gasteiger partial charge in [-0.2, -0.15) is 0 Å². The van der Waals surface area contributed by atoms with Crippen molar-refractivity contribution in [2.45, 2.75) is 10.1 Å². The molecule has 0 saturated heterocycles. The van der Waals surface area contributed by atoms with Crippen LogP contribution in [-0.2, 0) is 7.05 Å². The third-order valence-electron chi connectivity index (χ3n) is 3.63. The smallest absolute Gasteiger partial charge is 0.173 e.